The van der Waals surface area contributed by atoms with Crippen molar-refractivity contribution in [2.75, 3.05) is 7.11 Å². The molecular formula is C7H6F2N2O4. The summed E-state index contributed by atoms with van der Waals surface area (Å²) in [7, 11) is 0.993. The molecule has 0 radical (unpaired) electrons. The molecule has 82 valence electrons. The first-order valence-corrected chi connectivity index (χ1v) is 3.71. The molecule has 0 saturated heterocycles. The molecule has 0 bridgehead atoms. The van der Waals surface area contributed by atoms with E-state index in [9.17, 15) is 23.7 Å². The molecule has 0 aliphatic carbocycles. The molecule has 0 aliphatic heterocycles. The van der Waals surface area contributed by atoms with Gasteiger partial charge in [0.15, 0.2) is 0 Å². The number of rotatable bonds is 3. The molecule has 0 aromatic carbocycles. The zero-order valence-electron chi connectivity index (χ0n) is 7.49. The molecule has 0 atom stereocenters. The van der Waals surface area contributed by atoms with E-state index in [0.717, 1.165) is 7.11 Å². The maximum absolute atomic E-state index is 12.2. The van der Waals surface area contributed by atoms with E-state index < -0.39 is 33.9 Å². The van der Waals surface area contributed by atoms with Gasteiger partial charge in [0.2, 0.25) is 5.43 Å². The highest BCUT2D eigenvalue weighted by Crippen LogP contribution is 2.23. The van der Waals surface area contributed by atoms with Gasteiger partial charge in [0, 0.05) is 0 Å². The lowest BCUT2D eigenvalue weighted by molar-refractivity contribution is -0.390. The second kappa shape index (κ2) is 4.03. The highest BCUT2D eigenvalue weighted by molar-refractivity contribution is 5.41. The highest BCUT2D eigenvalue weighted by Gasteiger charge is 2.24. The van der Waals surface area contributed by atoms with E-state index in [-0.39, 0.29) is 0 Å². The Labute approximate surface area is 81.6 Å². The maximum atomic E-state index is 12.2. The van der Waals surface area contributed by atoms with E-state index in [1.807, 2.05) is 4.98 Å². The van der Waals surface area contributed by atoms with Crippen molar-refractivity contribution in [2.24, 2.45) is 0 Å². The third-order valence-electron chi connectivity index (χ3n) is 1.67. The maximum Gasteiger partial charge on any atom is 0.367 e. The third-order valence-corrected chi connectivity index (χ3v) is 1.67. The molecule has 15 heavy (non-hydrogen) atoms. The Kier molecular flexibility index (Phi) is 2.98. The van der Waals surface area contributed by atoms with Crippen molar-refractivity contribution in [2.45, 2.75) is 6.43 Å². The Bertz CT molecular complexity index is 443. The molecule has 0 saturated carbocycles. The number of H-pyrrole nitrogens is 1. The predicted molar refractivity (Wildman–Crippen MR) is 45.2 cm³/mol. The first-order chi connectivity index (χ1) is 6.99. The summed E-state index contributed by atoms with van der Waals surface area (Å²) in [5.74, 6) is -1.47. The SMILES string of the molecule is COc1c([N+](=O)[O-])[nH]cc(C(F)F)c1=O. The first kappa shape index (κ1) is 11.1. The number of aromatic amines is 1. The van der Waals surface area contributed by atoms with Gasteiger partial charge in [-0.15, -0.1) is 0 Å². The summed E-state index contributed by atoms with van der Waals surface area (Å²) < 4.78 is 28.9. The molecule has 1 aromatic rings. The van der Waals surface area contributed by atoms with Gasteiger partial charge in [-0.25, -0.2) is 13.8 Å². The number of aromatic nitrogens is 1. The van der Waals surface area contributed by atoms with E-state index in [1.54, 1.807) is 0 Å². The third kappa shape index (κ3) is 1.92. The average molecular weight is 220 g/mol. The largest absolute Gasteiger partial charge is 0.486 e. The summed E-state index contributed by atoms with van der Waals surface area (Å²) in [5, 5.41) is 10.4. The number of nitro groups is 1. The minimum atomic E-state index is -3.01. The molecule has 1 heterocycles. The standard InChI is InChI=1S/C7H6F2N2O4/c1-15-5-4(12)3(6(8)9)2-10-7(5)11(13)14/h2,6H,1H3,(H,10,12). The van der Waals surface area contributed by atoms with Gasteiger partial charge in [0.1, 0.15) is 11.8 Å². The molecule has 1 rings (SSSR count). The number of hydrogen-bond donors (Lipinski definition) is 1. The van der Waals surface area contributed by atoms with E-state index in [4.69, 9.17) is 0 Å². The summed E-state index contributed by atoms with van der Waals surface area (Å²) >= 11 is 0. The second-order valence-corrected chi connectivity index (χ2v) is 2.51. The molecule has 0 amide bonds. The lowest BCUT2D eigenvalue weighted by Gasteiger charge is -2.03. The molecule has 0 spiro atoms. The van der Waals surface area contributed by atoms with Crippen LogP contribution in [0.4, 0.5) is 14.6 Å². The number of nitrogens with zero attached hydrogens (tertiary/aromatic N) is 1. The van der Waals surface area contributed by atoms with Crippen molar-refractivity contribution in [3.63, 3.8) is 0 Å². The summed E-state index contributed by atoms with van der Waals surface area (Å²) in [6, 6.07) is 0. The molecule has 1 aromatic heterocycles. The molecule has 0 aliphatic rings. The molecule has 8 heteroatoms. The van der Waals surface area contributed by atoms with Crippen LogP contribution in [0.2, 0.25) is 0 Å². The lowest BCUT2D eigenvalue weighted by atomic mass is 10.2. The van der Waals surface area contributed by atoms with Gasteiger partial charge in [-0.3, -0.25) is 4.79 Å². The van der Waals surface area contributed by atoms with Gasteiger partial charge in [-0.05, 0) is 4.92 Å². The van der Waals surface area contributed by atoms with E-state index in [0.29, 0.717) is 6.20 Å². The van der Waals surface area contributed by atoms with Crippen LogP contribution in [-0.2, 0) is 0 Å². The minimum Gasteiger partial charge on any atom is -0.486 e. The van der Waals surface area contributed by atoms with Crippen LogP contribution in [0.25, 0.3) is 0 Å². The Morgan fingerprint density at radius 3 is 2.60 bits per heavy atom. The fourth-order valence-electron chi connectivity index (χ4n) is 1.00. The fraction of sp³-hybridized carbons (Fsp3) is 0.286. The quantitative estimate of drug-likeness (QED) is 0.613. The van der Waals surface area contributed by atoms with Crippen LogP contribution in [0, 0.1) is 10.1 Å². The number of halogens is 2. The van der Waals surface area contributed by atoms with Gasteiger partial charge in [0.25, 0.3) is 12.2 Å². The van der Waals surface area contributed by atoms with Crippen LogP contribution in [0.5, 0.6) is 5.75 Å². The summed E-state index contributed by atoms with van der Waals surface area (Å²) in [6.45, 7) is 0. The monoisotopic (exact) mass is 220 g/mol. The number of hydrogen-bond acceptors (Lipinski definition) is 4. The predicted octanol–water partition coefficient (Wildman–Crippen LogP) is 1.23. The van der Waals surface area contributed by atoms with Gasteiger partial charge < -0.3 is 14.9 Å². The molecule has 0 unspecified atom stereocenters. The van der Waals surface area contributed by atoms with Crippen LogP contribution in [0.3, 0.4) is 0 Å². The Balaban J connectivity index is 3.46. The number of pyridine rings is 1. The van der Waals surface area contributed by atoms with E-state index >= 15 is 0 Å². The topological polar surface area (TPSA) is 85.2 Å². The van der Waals surface area contributed by atoms with Gasteiger partial charge >= 0.3 is 5.82 Å². The smallest absolute Gasteiger partial charge is 0.367 e. The molecule has 6 nitrogen and oxygen atoms in total. The Hall–Kier alpha value is -1.99. The number of ether oxygens (including phenoxy) is 1. The summed E-state index contributed by atoms with van der Waals surface area (Å²) in [5.41, 5.74) is -2.05. The van der Waals surface area contributed by atoms with Crippen molar-refractivity contribution in [3.05, 3.63) is 32.1 Å². The zero-order chi connectivity index (χ0) is 11.6. The average Bonchev–Trinajstić information content (AvgIpc) is 2.16. The molecule has 0 fully saturated rings. The van der Waals surface area contributed by atoms with Crippen molar-refractivity contribution in [1.82, 2.24) is 4.98 Å². The highest BCUT2D eigenvalue weighted by atomic mass is 19.3. The van der Waals surface area contributed by atoms with E-state index in [2.05, 4.69) is 4.74 Å². The van der Waals surface area contributed by atoms with Crippen LogP contribution in [0.15, 0.2) is 11.0 Å². The Morgan fingerprint density at radius 1 is 1.60 bits per heavy atom. The van der Waals surface area contributed by atoms with Gasteiger partial charge in [-0.1, -0.05) is 0 Å². The zero-order valence-corrected chi connectivity index (χ0v) is 7.49. The van der Waals surface area contributed by atoms with Crippen molar-refractivity contribution in [3.8, 4) is 5.75 Å². The Morgan fingerprint density at radius 2 is 2.20 bits per heavy atom. The lowest BCUT2D eigenvalue weighted by Crippen LogP contribution is -2.15. The van der Waals surface area contributed by atoms with Crippen molar-refractivity contribution >= 4 is 5.82 Å². The van der Waals surface area contributed by atoms with Crippen molar-refractivity contribution in [1.29, 1.82) is 0 Å². The number of methoxy groups -OCH3 is 1. The molecular weight excluding hydrogens is 214 g/mol. The second-order valence-electron chi connectivity index (χ2n) is 2.51. The summed E-state index contributed by atoms with van der Waals surface area (Å²) in [6.07, 6.45) is -2.41. The number of alkyl halides is 2. The van der Waals surface area contributed by atoms with Crippen LogP contribution >= 0.6 is 0 Å². The normalized spacial score (nSPS) is 10.4. The minimum absolute atomic E-state index is 0.605. The van der Waals surface area contributed by atoms with Crippen LogP contribution in [-0.4, -0.2) is 17.0 Å². The summed E-state index contributed by atoms with van der Waals surface area (Å²) in [4.78, 5) is 22.7. The van der Waals surface area contributed by atoms with Crippen LogP contribution < -0.4 is 10.2 Å². The molecule has 1 N–H and O–H groups in total. The first-order valence-electron chi connectivity index (χ1n) is 3.71. The fourth-order valence-corrected chi connectivity index (χ4v) is 1.00. The van der Waals surface area contributed by atoms with E-state index in [1.165, 1.54) is 0 Å². The van der Waals surface area contributed by atoms with Gasteiger partial charge in [-0.2, -0.15) is 0 Å². The van der Waals surface area contributed by atoms with Crippen LogP contribution in [0.1, 0.15) is 12.0 Å². The number of nitrogens with one attached hydrogen (secondary N) is 1. The van der Waals surface area contributed by atoms with Crippen molar-refractivity contribution < 1.29 is 18.4 Å². The van der Waals surface area contributed by atoms with Gasteiger partial charge in [0.05, 0.1) is 7.11 Å².